The smallest absolute Gasteiger partial charge is 0.227 e. The summed E-state index contributed by atoms with van der Waals surface area (Å²) in [6.45, 7) is 6.54. The van der Waals surface area contributed by atoms with E-state index in [1.807, 2.05) is 17.0 Å². The van der Waals surface area contributed by atoms with Crippen molar-refractivity contribution in [1.29, 1.82) is 0 Å². The van der Waals surface area contributed by atoms with Crippen LogP contribution in [0, 0.1) is 5.92 Å². The molecule has 0 bridgehead atoms. The Labute approximate surface area is 150 Å². The zero-order valence-corrected chi connectivity index (χ0v) is 15.3. The van der Waals surface area contributed by atoms with Crippen LogP contribution in [-0.2, 0) is 4.79 Å². The fourth-order valence-corrected chi connectivity index (χ4v) is 3.61. The van der Waals surface area contributed by atoms with Crippen molar-refractivity contribution < 1.29 is 9.53 Å². The van der Waals surface area contributed by atoms with Gasteiger partial charge in [-0.15, -0.1) is 12.4 Å². The third-order valence-electron chi connectivity index (χ3n) is 5.09. The maximum absolute atomic E-state index is 12.8. The van der Waals surface area contributed by atoms with Crippen LogP contribution in [0.1, 0.15) is 19.8 Å². The zero-order chi connectivity index (χ0) is 16.2. The van der Waals surface area contributed by atoms with E-state index in [0.717, 1.165) is 51.3 Å². The van der Waals surface area contributed by atoms with Gasteiger partial charge in [-0.1, -0.05) is 6.07 Å². The van der Waals surface area contributed by atoms with Gasteiger partial charge in [0.25, 0.3) is 0 Å². The lowest BCUT2D eigenvalue weighted by Crippen LogP contribution is -2.54. The van der Waals surface area contributed by atoms with Gasteiger partial charge in [-0.05, 0) is 38.4 Å². The highest BCUT2D eigenvalue weighted by molar-refractivity contribution is 5.85. The van der Waals surface area contributed by atoms with Crippen LogP contribution in [0.3, 0.4) is 0 Å². The summed E-state index contributed by atoms with van der Waals surface area (Å²) in [6.07, 6.45) is 2.12. The summed E-state index contributed by atoms with van der Waals surface area (Å²) in [4.78, 5) is 17.1. The van der Waals surface area contributed by atoms with E-state index in [9.17, 15) is 4.79 Å². The van der Waals surface area contributed by atoms with Gasteiger partial charge >= 0.3 is 0 Å². The normalized spacial score (nSPS) is 24.2. The molecule has 134 valence electrons. The first-order valence-electron chi connectivity index (χ1n) is 8.60. The summed E-state index contributed by atoms with van der Waals surface area (Å²) in [5.41, 5.74) is 1.17. The number of piperidine rings is 1. The van der Waals surface area contributed by atoms with Crippen molar-refractivity contribution in [2.45, 2.75) is 25.8 Å². The maximum atomic E-state index is 12.8. The number of amides is 1. The summed E-state index contributed by atoms with van der Waals surface area (Å²) < 4.78 is 5.30. The molecular formula is C18H28ClN3O2. The molecule has 5 nitrogen and oxygen atoms in total. The second-order valence-corrected chi connectivity index (χ2v) is 6.51. The zero-order valence-electron chi connectivity index (χ0n) is 14.5. The molecule has 6 heteroatoms. The molecule has 2 heterocycles. The van der Waals surface area contributed by atoms with E-state index in [1.54, 1.807) is 7.11 Å². The highest BCUT2D eigenvalue weighted by Gasteiger charge is 2.32. The minimum absolute atomic E-state index is 0. The monoisotopic (exact) mass is 353 g/mol. The lowest BCUT2D eigenvalue weighted by atomic mass is 9.90. The van der Waals surface area contributed by atoms with Crippen molar-refractivity contribution in [2.75, 3.05) is 44.7 Å². The van der Waals surface area contributed by atoms with Crippen LogP contribution in [0.25, 0.3) is 0 Å². The number of piperazine rings is 1. The number of anilines is 1. The number of carbonyl (C=O) groups is 1. The number of rotatable bonds is 3. The highest BCUT2D eigenvalue weighted by Crippen LogP contribution is 2.24. The van der Waals surface area contributed by atoms with E-state index in [-0.39, 0.29) is 18.3 Å². The Morgan fingerprint density at radius 2 is 2.00 bits per heavy atom. The molecule has 2 saturated heterocycles. The Bertz CT molecular complexity index is 547. The fourth-order valence-electron chi connectivity index (χ4n) is 3.61. The second-order valence-electron chi connectivity index (χ2n) is 6.51. The van der Waals surface area contributed by atoms with Crippen LogP contribution >= 0.6 is 12.4 Å². The quantitative estimate of drug-likeness (QED) is 0.904. The molecule has 2 aliphatic heterocycles. The topological polar surface area (TPSA) is 44.8 Å². The summed E-state index contributed by atoms with van der Waals surface area (Å²) >= 11 is 0. The number of nitrogens with one attached hydrogen (secondary N) is 1. The maximum Gasteiger partial charge on any atom is 0.227 e. The molecule has 24 heavy (non-hydrogen) atoms. The van der Waals surface area contributed by atoms with Gasteiger partial charge in [0.15, 0.2) is 0 Å². The van der Waals surface area contributed by atoms with Crippen molar-refractivity contribution in [3.05, 3.63) is 24.3 Å². The third kappa shape index (κ3) is 4.14. The van der Waals surface area contributed by atoms with Gasteiger partial charge in [0, 0.05) is 44.0 Å². The van der Waals surface area contributed by atoms with Crippen LogP contribution in [0.4, 0.5) is 5.69 Å². The van der Waals surface area contributed by atoms with E-state index >= 15 is 0 Å². The van der Waals surface area contributed by atoms with Crippen molar-refractivity contribution in [1.82, 2.24) is 10.2 Å². The molecule has 0 saturated carbocycles. The number of benzene rings is 1. The summed E-state index contributed by atoms with van der Waals surface area (Å²) in [5, 5.41) is 3.43. The first-order chi connectivity index (χ1) is 11.2. The number of methoxy groups -OCH3 is 1. The number of hydrogen-bond acceptors (Lipinski definition) is 4. The van der Waals surface area contributed by atoms with Gasteiger partial charge in [-0.25, -0.2) is 0 Å². The van der Waals surface area contributed by atoms with Crippen molar-refractivity contribution in [3.63, 3.8) is 0 Å². The van der Waals surface area contributed by atoms with Gasteiger partial charge in [0.05, 0.1) is 13.0 Å². The van der Waals surface area contributed by atoms with Gasteiger partial charge in [0.1, 0.15) is 5.75 Å². The predicted octanol–water partition coefficient (Wildman–Crippen LogP) is 2.15. The number of carbonyl (C=O) groups excluding carboxylic acids is 1. The minimum atomic E-state index is 0. The molecule has 0 aromatic heterocycles. The van der Waals surface area contributed by atoms with Gasteiger partial charge in [-0.3, -0.25) is 4.79 Å². The molecule has 1 aromatic rings. The van der Waals surface area contributed by atoms with Gasteiger partial charge < -0.3 is 19.9 Å². The molecule has 2 unspecified atom stereocenters. The number of nitrogens with zero attached hydrogens (tertiary/aromatic N) is 2. The molecule has 0 aliphatic carbocycles. The molecule has 2 aliphatic rings. The Kier molecular flexibility index (Phi) is 6.75. The number of halogens is 1. The van der Waals surface area contributed by atoms with E-state index in [2.05, 4.69) is 29.3 Å². The second kappa shape index (κ2) is 8.58. The Hall–Kier alpha value is -1.46. The molecular weight excluding hydrogens is 326 g/mol. The van der Waals surface area contributed by atoms with E-state index < -0.39 is 0 Å². The van der Waals surface area contributed by atoms with E-state index in [1.165, 1.54) is 5.69 Å². The summed E-state index contributed by atoms with van der Waals surface area (Å²) in [5.74, 6) is 1.35. The average Bonchev–Trinajstić information content (AvgIpc) is 2.62. The van der Waals surface area contributed by atoms with Gasteiger partial charge in [-0.2, -0.15) is 0 Å². The van der Waals surface area contributed by atoms with Crippen molar-refractivity contribution >= 4 is 24.0 Å². The highest BCUT2D eigenvalue weighted by atomic mass is 35.5. The van der Waals surface area contributed by atoms with Crippen LogP contribution in [0.2, 0.25) is 0 Å². The molecule has 1 amide bonds. The average molecular weight is 354 g/mol. The number of ether oxygens (including phenoxy) is 1. The third-order valence-corrected chi connectivity index (χ3v) is 5.09. The number of hydrogen-bond donors (Lipinski definition) is 1. The SMILES string of the molecule is COc1cccc(N2CCN(C(=O)C3CCCNC3C)CC2)c1.Cl. The molecule has 0 radical (unpaired) electrons. The first kappa shape index (κ1) is 18.9. The Balaban J connectivity index is 0.00000208. The molecule has 3 rings (SSSR count). The predicted molar refractivity (Wildman–Crippen MR) is 99.2 cm³/mol. The molecule has 1 aromatic carbocycles. The van der Waals surface area contributed by atoms with Gasteiger partial charge in [0.2, 0.25) is 5.91 Å². The molecule has 1 N–H and O–H groups in total. The first-order valence-corrected chi connectivity index (χ1v) is 8.60. The fraction of sp³-hybridized carbons (Fsp3) is 0.611. The largest absolute Gasteiger partial charge is 0.497 e. The molecule has 0 spiro atoms. The van der Waals surface area contributed by atoms with Crippen LogP contribution in [0.5, 0.6) is 5.75 Å². The summed E-state index contributed by atoms with van der Waals surface area (Å²) in [6, 6.07) is 8.44. The van der Waals surface area contributed by atoms with E-state index in [4.69, 9.17) is 4.74 Å². The Morgan fingerprint density at radius 3 is 2.67 bits per heavy atom. The van der Waals surface area contributed by atoms with Crippen molar-refractivity contribution in [3.8, 4) is 5.75 Å². The van der Waals surface area contributed by atoms with E-state index in [0.29, 0.717) is 11.9 Å². The van der Waals surface area contributed by atoms with Crippen LogP contribution < -0.4 is 15.0 Å². The molecule has 2 fully saturated rings. The lowest BCUT2D eigenvalue weighted by Gasteiger charge is -2.39. The minimum Gasteiger partial charge on any atom is -0.497 e. The van der Waals surface area contributed by atoms with Crippen LogP contribution in [-0.4, -0.2) is 56.7 Å². The van der Waals surface area contributed by atoms with Crippen LogP contribution in [0.15, 0.2) is 24.3 Å². The standard InChI is InChI=1S/C18H27N3O2.ClH/c1-14-17(7-4-8-19-14)18(22)21-11-9-20(10-12-21)15-5-3-6-16(13-15)23-2;/h3,5-6,13-14,17,19H,4,7-12H2,1-2H3;1H. The lowest BCUT2D eigenvalue weighted by molar-refractivity contribution is -0.137. The van der Waals surface area contributed by atoms with Crippen molar-refractivity contribution in [2.24, 2.45) is 5.92 Å². The Morgan fingerprint density at radius 1 is 1.25 bits per heavy atom. The molecule has 2 atom stereocenters. The summed E-state index contributed by atoms with van der Waals surface area (Å²) in [7, 11) is 1.69.